The van der Waals surface area contributed by atoms with Crippen molar-refractivity contribution in [2.45, 2.75) is 38.6 Å². The van der Waals surface area contributed by atoms with Gasteiger partial charge in [0.15, 0.2) is 0 Å². The first-order valence-electron chi connectivity index (χ1n) is 5.14. The minimum Gasteiger partial charge on any atom is -0.379 e. The first-order chi connectivity index (χ1) is 6.57. The van der Waals surface area contributed by atoms with Crippen molar-refractivity contribution in [3.8, 4) is 0 Å². The summed E-state index contributed by atoms with van der Waals surface area (Å²) in [6, 6.07) is 6.10. The number of halogens is 1. The standard InChI is InChI=1S/C12H16ClN/c1-4-12(3)8(2)10-7-9(13)5-6-11(10)14-12/h5-8,14H,4H2,1-3H3. The molecule has 1 aliphatic heterocycles. The molecule has 0 fully saturated rings. The Bertz CT molecular complexity index is 361. The maximum Gasteiger partial charge on any atom is 0.0410 e. The number of fused-ring (bicyclic) bond motifs is 1. The van der Waals surface area contributed by atoms with Gasteiger partial charge in [0.1, 0.15) is 0 Å². The number of hydrogen-bond donors (Lipinski definition) is 1. The van der Waals surface area contributed by atoms with Crippen molar-refractivity contribution in [1.82, 2.24) is 0 Å². The van der Waals surface area contributed by atoms with E-state index in [-0.39, 0.29) is 5.54 Å². The van der Waals surface area contributed by atoms with E-state index in [0.29, 0.717) is 5.92 Å². The zero-order valence-electron chi connectivity index (χ0n) is 8.89. The molecular formula is C12H16ClN. The lowest BCUT2D eigenvalue weighted by atomic mass is 9.84. The van der Waals surface area contributed by atoms with Crippen LogP contribution in [0.4, 0.5) is 5.69 Å². The van der Waals surface area contributed by atoms with Crippen molar-refractivity contribution < 1.29 is 0 Å². The Balaban J connectivity index is 2.46. The van der Waals surface area contributed by atoms with Gasteiger partial charge in [-0.15, -0.1) is 0 Å². The Morgan fingerprint density at radius 2 is 2.21 bits per heavy atom. The maximum absolute atomic E-state index is 6.00. The van der Waals surface area contributed by atoms with Gasteiger partial charge in [0.25, 0.3) is 0 Å². The normalized spacial score (nSPS) is 29.9. The number of nitrogens with one attached hydrogen (secondary N) is 1. The molecule has 1 heterocycles. The molecule has 1 aliphatic rings. The molecular weight excluding hydrogens is 194 g/mol. The maximum atomic E-state index is 6.00. The van der Waals surface area contributed by atoms with Crippen molar-refractivity contribution in [2.75, 3.05) is 5.32 Å². The molecule has 2 unspecified atom stereocenters. The van der Waals surface area contributed by atoms with Gasteiger partial charge in [-0.25, -0.2) is 0 Å². The fourth-order valence-corrected chi connectivity index (χ4v) is 2.34. The molecule has 0 aliphatic carbocycles. The predicted octanol–water partition coefficient (Wildman–Crippen LogP) is 4.04. The number of rotatable bonds is 1. The predicted molar refractivity (Wildman–Crippen MR) is 62.2 cm³/mol. The number of benzene rings is 1. The molecule has 0 aromatic heterocycles. The van der Waals surface area contributed by atoms with Crippen LogP contribution in [0, 0.1) is 0 Å². The zero-order valence-corrected chi connectivity index (χ0v) is 9.65. The van der Waals surface area contributed by atoms with Crippen LogP contribution >= 0.6 is 11.6 Å². The molecule has 76 valence electrons. The minimum absolute atomic E-state index is 0.188. The molecule has 0 saturated heterocycles. The van der Waals surface area contributed by atoms with E-state index in [9.17, 15) is 0 Å². The van der Waals surface area contributed by atoms with E-state index in [0.717, 1.165) is 11.4 Å². The summed E-state index contributed by atoms with van der Waals surface area (Å²) in [7, 11) is 0. The molecule has 1 aromatic rings. The third kappa shape index (κ3) is 1.31. The van der Waals surface area contributed by atoms with Gasteiger partial charge in [0.2, 0.25) is 0 Å². The summed E-state index contributed by atoms with van der Waals surface area (Å²) in [5.74, 6) is 0.529. The van der Waals surface area contributed by atoms with Crippen LogP contribution in [0.5, 0.6) is 0 Å². The summed E-state index contributed by atoms with van der Waals surface area (Å²) >= 11 is 6.00. The monoisotopic (exact) mass is 209 g/mol. The minimum atomic E-state index is 0.188. The number of anilines is 1. The molecule has 2 atom stereocenters. The van der Waals surface area contributed by atoms with Gasteiger partial charge in [-0.05, 0) is 37.1 Å². The molecule has 0 bridgehead atoms. The highest BCUT2D eigenvalue weighted by molar-refractivity contribution is 6.30. The van der Waals surface area contributed by atoms with Crippen LogP contribution in [0.3, 0.4) is 0 Å². The van der Waals surface area contributed by atoms with Gasteiger partial charge in [-0.3, -0.25) is 0 Å². The number of hydrogen-bond acceptors (Lipinski definition) is 1. The van der Waals surface area contributed by atoms with Crippen molar-refractivity contribution in [3.05, 3.63) is 28.8 Å². The van der Waals surface area contributed by atoms with Gasteiger partial charge in [0.05, 0.1) is 0 Å². The molecule has 1 nitrogen and oxygen atoms in total. The Morgan fingerprint density at radius 3 is 2.86 bits per heavy atom. The molecule has 0 radical (unpaired) electrons. The smallest absolute Gasteiger partial charge is 0.0410 e. The molecule has 0 saturated carbocycles. The fraction of sp³-hybridized carbons (Fsp3) is 0.500. The second-order valence-corrected chi connectivity index (χ2v) is 4.79. The summed E-state index contributed by atoms with van der Waals surface area (Å²) in [4.78, 5) is 0. The third-order valence-corrected chi connectivity index (χ3v) is 3.83. The second kappa shape index (κ2) is 3.16. The van der Waals surface area contributed by atoms with Crippen LogP contribution in [-0.4, -0.2) is 5.54 Å². The Kier molecular flexibility index (Phi) is 2.23. The molecule has 0 spiro atoms. The summed E-state index contributed by atoms with van der Waals surface area (Å²) in [5.41, 5.74) is 2.78. The lowest BCUT2D eigenvalue weighted by molar-refractivity contribution is 0.443. The quantitative estimate of drug-likeness (QED) is 0.736. The van der Waals surface area contributed by atoms with Gasteiger partial charge in [-0.2, -0.15) is 0 Å². The van der Waals surface area contributed by atoms with Crippen LogP contribution in [0.25, 0.3) is 0 Å². The fourth-order valence-electron chi connectivity index (χ4n) is 2.16. The highest BCUT2D eigenvalue weighted by atomic mass is 35.5. The van der Waals surface area contributed by atoms with Crippen molar-refractivity contribution in [1.29, 1.82) is 0 Å². The molecule has 0 amide bonds. The average molecular weight is 210 g/mol. The highest BCUT2D eigenvalue weighted by Gasteiger charge is 2.37. The summed E-state index contributed by atoms with van der Waals surface area (Å²) in [6.07, 6.45) is 1.13. The van der Waals surface area contributed by atoms with Gasteiger partial charge < -0.3 is 5.32 Å². The topological polar surface area (TPSA) is 12.0 Å². The zero-order chi connectivity index (χ0) is 10.3. The Morgan fingerprint density at radius 1 is 1.50 bits per heavy atom. The Hall–Kier alpha value is -0.690. The average Bonchev–Trinajstić information content (AvgIpc) is 2.42. The first kappa shape index (κ1) is 9.85. The largest absolute Gasteiger partial charge is 0.379 e. The van der Waals surface area contributed by atoms with Crippen LogP contribution in [0.15, 0.2) is 18.2 Å². The van der Waals surface area contributed by atoms with E-state index < -0.39 is 0 Å². The summed E-state index contributed by atoms with van der Waals surface area (Å²) in [5, 5.41) is 4.41. The summed E-state index contributed by atoms with van der Waals surface area (Å²) < 4.78 is 0. The third-order valence-electron chi connectivity index (χ3n) is 3.59. The molecule has 1 aromatic carbocycles. The SMILES string of the molecule is CCC1(C)Nc2ccc(Cl)cc2C1C. The van der Waals surface area contributed by atoms with Gasteiger partial charge in [0, 0.05) is 22.2 Å². The lowest BCUT2D eigenvalue weighted by Crippen LogP contribution is -2.33. The van der Waals surface area contributed by atoms with Crippen LogP contribution in [0.1, 0.15) is 38.7 Å². The molecule has 1 N–H and O–H groups in total. The first-order valence-corrected chi connectivity index (χ1v) is 5.52. The van der Waals surface area contributed by atoms with E-state index >= 15 is 0 Å². The van der Waals surface area contributed by atoms with Crippen molar-refractivity contribution in [2.24, 2.45) is 0 Å². The van der Waals surface area contributed by atoms with Gasteiger partial charge >= 0.3 is 0 Å². The highest BCUT2D eigenvalue weighted by Crippen LogP contribution is 2.44. The molecule has 14 heavy (non-hydrogen) atoms. The van der Waals surface area contributed by atoms with E-state index in [1.165, 1.54) is 11.3 Å². The van der Waals surface area contributed by atoms with Crippen LogP contribution in [-0.2, 0) is 0 Å². The van der Waals surface area contributed by atoms with E-state index in [2.05, 4.69) is 38.2 Å². The van der Waals surface area contributed by atoms with Crippen LogP contribution < -0.4 is 5.32 Å². The molecule has 2 rings (SSSR count). The lowest BCUT2D eigenvalue weighted by Gasteiger charge is -2.28. The van der Waals surface area contributed by atoms with Crippen LogP contribution in [0.2, 0.25) is 5.02 Å². The Labute approximate surface area is 90.5 Å². The van der Waals surface area contributed by atoms with E-state index in [1.54, 1.807) is 0 Å². The second-order valence-electron chi connectivity index (χ2n) is 4.35. The van der Waals surface area contributed by atoms with E-state index in [4.69, 9.17) is 11.6 Å². The molecule has 2 heteroatoms. The van der Waals surface area contributed by atoms with Crippen molar-refractivity contribution >= 4 is 17.3 Å². The van der Waals surface area contributed by atoms with Crippen molar-refractivity contribution in [3.63, 3.8) is 0 Å². The van der Waals surface area contributed by atoms with E-state index in [1.807, 2.05) is 6.07 Å². The van der Waals surface area contributed by atoms with Gasteiger partial charge in [-0.1, -0.05) is 25.4 Å². The summed E-state index contributed by atoms with van der Waals surface area (Å²) in [6.45, 7) is 6.75.